The van der Waals surface area contributed by atoms with Crippen LogP contribution in [0.1, 0.15) is 19.8 Å². The molecule has 2 rings (SSSR count). The first-order valence-electron chi connectivity index (χ1n) is 6.96. The van der Waals surface area contributed by atoms with E-state index < -0.39 is 5.54 Å². The summed E-state index contributed by atoms with van der Waals surface area (Å²) in [6.45, 7) is 3.93. The van der Waals surface area contributed by atoms with Gasteiger partial charge in [0.1, 0.15) is 5.54 Å². The Hall–Kier alpha value is -1.26. The number of rotatable bonds is 4. The van der Waals surface area contributed by atoms with Gasteiger partial charge in [-0.3, -0.25) is 0 Å². The van der Waals surface area contributed by atoms with Crippen LogP contribution in [0.3, 0.4) is 0 Å². The SMILES string of the molecule is CCOC(=O)C1(Nc2ccccc2Cl)CCN(C)CC1. The molecule has 0 radical (unpaired) electrons. The summed E-state index contributed by atoms with van der Waals surface area (Å²) in [5, 5.41) is 3.96. The molecule has 1 aromatic carbocycles. The Morgan fingerprint density at radius 1 is 1.40 bits per heavy atom. The standard InChI is InChI=1S/C15H21ClN2O2/c1-3-20-14(19)15(8-10-18(2)11-9-15)17-13-7-5-4-6-12(13)16/h4-7,17H,3,8-11H2,1-2H3. The van der Waals surface area contributed by atoms with E-state index in [0.717, 1.165) is 18.8 Å². The molecule has 0 amide bonds. The van der Waals surface area contributed by atoms with Crippen LogP contribution < -0.4 is 5.32 Å². The molecule has 1 aliphatic heterocycles. The fourth-order valence-electron chi connectivity index (χ4n) is 2.47. The fourth-order valence-corrected chi connectivity index (χ4v) is 2.65. The van der Waals surface area contributed by atoms with Crippen LogP contribution in [-0.2, 0) is 9.53 Å². The van der Waals surface area contributed by atoms with Crippen molar-refractivity contribution >= 4 is 23.3 Å². The van der Waals surface area contributed by atoms with Crippen molar-refractivity contribution in [2.24, 2.45) is 0 Å². The van der Waals surface area contributed by atoms with Crippen molar-refractivity contribution in [2.45, 2.75) is 25.3 Å². The van der Waals surface area contributed by atoms with Gasteiger partial charge in [0.2, 0.25) is 0 Å². The molecule has 5 heteroatoms. The maximum Gasteiger partial charge on any atom is 0.331 e. The summed E-state index contributed by atoms with van der Waals surface area (Å²) in [5.41, 5.74) is 0.111. The molecule has 0 spiro atoms. The lowest BCUT2D eigenvalue weighted by molar-refractivity contribution is -0.150. The number of carbonyl (C=O) groups is 1. The average Bonchev–Trinajstić information content (AvgIpc) is 2.44. The number of anilines is 1. The average molecular weight is 297 g/mol. The molecule has 0 unspecified atom stereocenters. The topological polar surface area (TPSA) is 41.6 Å². The highest BCUT2D eigenvalue weighted by atomic mass is 35.5. The van der Waals surface area contributed by atoms with Crippen molar-refractivity contribution in [1.29, 1.82) is 0 Å². The van der Waals surface area contributed by atoms with Crippen LogP contribution in [-0.4, -0.2) is 43.2 Å². The van der Waals surface area contributed by atoms with Gasteiger partial charge in [0.25, 0.3) is 0 Å². The number of likely N-dealkylation sites (tertiary alicyclic amines) is 1. The van der Waals surface area contributed by atoms with Crippen LogP contribution in [0.4, 0.5) is 5.69 Å². The second kappa shape index (κ2) is 6.46. The zero-order valence-corrected chi connectivity index (χ0v) is 12.7. The Morgan fingerprint density at radius 2 is 2.05 bits per heavy atom. The second-order valence-electron chi connectivity index (χ2n) is 5.21. The Balaban J connectivity index is 2.23. The van der Waals surface area contributed by atoms with Crippen LogP contribution in [0.5, 0.6) is 0 Å². The highest BCUT2D eigenvalue weighted by Crippen LogP contribution is 2.31. The molecular formula is C15H21ClN2O2. The molecule has 4 nitrogen and oxygen atoms in total. The smallest absolute Gasteiger partial charge is 0.331 e. The third kappa shape index (κ3) is 3.25. The van der Waals surface area contributed by atoms with Gasteiger partial charge < -0.3 is 15.0 Å². The van der Waals surface area contributed by atoms with E-state index in [1.807, 2.05) is 31.2 Å². The van der Waals surface area contributed by atoms with E-state index in [-0.39, 0.29) is 5.97 Å². The minimum atomic E-state index is -0.673. The van der Waals surface area contributed by atoms with Crippen molar-refractivity contribution in [2.75, 3.05) is 32.1 Å². The van der Waals surface area contributed by atoms with Gasteiger partial charge in [0.05, 0.1) is 17.3 Å². The highest BCUT2D eigenvalue weighted by molar-refractivity contribution is 6.33. The van der Waals surface area contributed by atoms with E-state index in [1.54, 1.807) is 0 Å². The van der Waals surface area contributed by atoms with E-state index in [0.29, 0.717) is 24.5 Å². The number of benzene rings is 1. The van der Waals surface area contributed by atoms with Crippen LogP contribution in [0.25, 0.3) is 0 Å². The number of halogens is 1. The Bertz CT molecular complexity index is 471. The first kappa shape index (κ1) is 15.1. The minimum Gasteiger partial charge on any atom is -0.464 e. The fraction of sp³-hybridized carbons (Fsp3) is 0.533. The molecule has 0 bridgehead atoms. The van der Waals surface area contributed by atoms with Gasteiger partial charge >= 0.3 is 5.97 Å². The maximum atomic E-state index is 12.4. The number of carbonyl (C=O) groups excluding carboxylic acids is 1. The number of hydrogen-bond donors (Lipinski definition) is 1. The van der Waals surface area contributed by atoms with E-state index in [9.17, 15) is 4.79 Å². The van der Waals surface area contributed by atoms with Crippen molar-refractivity contribution in [3.8, 4) is 0 Å². The number of ether oxygens (including phenoxy) is 1. The largest absolute Gasteiger partial charge is 0.464 e. The van der Waals surface area contributed by atoms with Gasteiger partial charge in [0, 0.05) is 13.1 Å². The Kier molecular flexibility index (Phi) is 4.89. The van der Waals surface area contributed by atoms with Crippen LogP contribution in [0.15, 0.2) is 24.3 Å². The highest BCUT2D eigenvalue weighted by Gasteiger charge is 2.42. The van der Waals surface area contributed by atoms with Gasteiger partial charge in [-0.25, -0.2) is 4.79 Å². The molecule has 0 atom stereocenters. The normalized spacial score (nSPS) is 18.6. The molecule has 1 fully saturated rings. The predicted molar refractivity (Wildman–Crippen MR) is 81.2 cm³/mol. The van der Waals surface area contributed by atoms with Gasteiger partial charge in [-0.1, -0.05) is 23.7 Å². The van der Waals surface area contributed by atoms with Crippen molar-refractivity contribution in [3.63, 3.8) is 0 Å². The van der Waals surface area contributed by atoms with Crippen LogP contribution >= 0.6 is 11.6 Å². The summed E-state index contributed by atoms with van der Waals surface area (Å²) >= 11 is 6.19. The molecule has 0 aliphatic carbocycles. The van der Waals surface area contributed by atoms with E-state index in [4.69, 9.17) is 16.3 Å². The lowest BCUT2D eigenvalue weighted by Crippen LogP contribution is -2.54. The lowest BCUT2D eigenvalue weighted by Gasteiger charge is -2.39. The van der Waals surface area contributed by atoms with Gasteiger partial charge in [-0.05, 0) is 38.9 Å². The summed E-state index contributed by atoms with van der Waals surface area (Å²) in [6.07, 6.45) is 1.43. The van der Waals surface area contributed by atoms with Gasteiger partial charge in [-0.15, -0.1) is 0 Å². The molecule has 1 heterocycles. The number of nitrogens with one attached hydrogen (secondary N) is 1. The summed E-state index contributed by atoms with van der Waals surface area (Å²) in [7, 11) is 2.06. The molecular weight excluding hydrogens is 276 g/mol. The number of para-hydroxylation sites is 1. The molecule has 1 N–H and O–H groups in total. The number of esters is 1. The first-order valence-corrected chi connectivity index (χ1v) is 7.34. The Labute approximate surface area is 125 Å². The number of nitrogens with zero attached hydrogens (tertiary/aromatic N) is 1. The first-order chi connectivity index (χ1) is 9.57. The minimum absolute atomic E-state index is 0.187. The predicted octanol–water partition coefficient (Wildman–Crippen LogP) is 2.78. The lowest BCUT2D eigenvalue weighted by atomic mass is 9.87. The summed E-state index contributed by atoms with van der Waals surface area (Å²) < 4.78 is 5.27. The van der Waals surface area contributed by atoms with Crippen molar-refractivity contribution in [3.05, 3.63) is 29.3 Å². The molecule has 0 saturated carbocycles. The van der Waals surface area contributed by atoms with Gasteiger partial charge in [-0.2, -0.15) is 0 Å². The molecule has 110 valence electrons. The molecule has 1 aromatic rings. The molecule has 1 saturated heterocycles. The molecule has 0 aromatic heterocycles. The number of piperidine rings is 1. The quantitative estimate of drug-likeness (QED) is 0.868. The molecule has 20 heavy (non-hydrogen) atoms. The van der Waals surface area contributed by atoms with Crippen LogP contribution in [0.2, 0.25) is 5.02 Å². The van der Waals surface area contributed by atoms with Crippen LogP contribution in [0, 0.1) is 0 Å². The monoisotopic (exact) mass is 296 g/mol. The Morgan fingerprint density at radius 3 is 2.65 bits per heavy atom. The number of hydrogen-bond acceptors (Lipinski definition) is 4. The van der Waals surface area contributed by atoms with E-state index in [1.165, 1.54) is 0 Å². The third-order valence-corrected chi connectivity index (χ3v) is 4.08. The maximum absolute atomic E-state index is 12.4. The van der Waals surface area contributed by atoms with Crippen molar-refractivity contribution < 1.29 is 9.53 Å². The summed E-state index contributed by atoms with van der Waals surface area (Å²) in [4.78, 5) is 14.6. The zero-order valence-electron chi connectivity index (χ0n) is 12.0. The summed E-state index contributed by atoms with van der Waals surface area (Å²) in [5.74, 6) is -0.187. The molecule has 1 aliphatic rings. The second-order valence-corrected chi connectivity index (χ2v) is 5.62. The zero-order chi connectivity index (χ0) is 14.6. The summed E-state index contributed by atoms with van der Waals surface area (Å²) in [6, 6.07) is 7.49. The van der Waals surface area contributed by atoms with E-state index >= 15 is 0 Å². The third-order valence-electron chi connectivity index (χ3n) is 3.75. The van der Waals surface area contributed by atoms with E-state index in [2.05, 4.69) is 17.3 Å². The van der Waals surface area contributed by atoms with Crippen molar-refractivity contribution in [1.82, 2.24) is 4.90 Å². The van der Waals surface area contributed by atoms with Gasteiger partial charge in [0.15, 0.2) is 0 Å².